The maximum Gasteiger partial charge on any atom is 0.159 e. The number of rotatable bonds is 5. The summed E-state index contributed by atoms with van der Waals surface area (Å²) in [4.78, 5) is 11.5. The molecule has 270 valence electrons. The van der Waals surface area contributed by atoms with Crippen molar-refractivity contribution in [2.45, 2.75) is 22.2 Å². The van der Waals surface area contributed by atoms with Crippen LogP contribution in [0.2, 0.25) is 0 Å². The van der Waals surface area contributed by atoms with E-state index in [0.717, 1.165) is 28.4 Å². The van der Waals surface area contributed by atoms with Crippen molar-refractivity contribution in [1.29, 1.82) is 0 Å². The normalized spacial score (nSPS) is 18.7. The van der Waals surface area contributed by atoms with Crippen LogP contribution in [0.15, 0.2) is 197 Å². The lowest BCUT2D eigenvalue weighted by Gasteiger charge is -2.23. The number of hydrogen-bond acceptors (Lipinski definition) is 5. The Labute approximate surface area is 338 Å². The van der Waals surface area contributed by atoms with E-state index in [2.05, 4.69) is 180 Å². The fourth-order valence-electron chi connectivity index (χ4n) is 8.94. The zero-order valence-electron chi connectivity index (χ0n) is 30.7. The van der Waals surface area contributed by atoms with Crippen molar-refractivity contribution in [3.8, 4) is 5.69 Å². The van der Waals surface area contributed by atoms with Crippen molar-refractivity contribution >= 4 is 82.3 Å². The highest BCUT2D eigenvalue weighted by Crippen LogP contribution is 2.51. The zero-order chi connectivity index (χ0) is 37.5. The first-order valence-corrected chi connectivity index (χ1v) is 21.1. The number of aromatic nitrogens is 1. The summed E-state index contributed by atoms with van der Waals surface area (Å²) in [5.74, 6) is 1.88. The van der Waals surface area contributed by atoms with Crippen molar-refractivity contribution < 1.29 is 0 Å². The summed E-state index contributed by atoms with van der Waals surface area (Å²) >= 11 is 3.84. The van der Waals surface area contributed by atoms with E-state index in [-0.39, 0.29) is 12.1 Å². The third-order valence-corrected chi connectivity index (χ3v) is 14.1. The molecule has 2 aromatic heterocycles. The monoisotopic (exact) mass is 766 g/mol. The summed E-state index contributed by atoms with van der Waals surface area (Å²) < 4.78 is 5.03. The van der Waals surface area contributed by atoms with Crippen LogP contribution in [-0.2, 0) is 0 Å². The minimum Gasteiger partial charge on any atom is -0.344 e. The van der Waals surface area contributed by atoms with Crippen LogP contribution in [0, 0.1) is 0 Å². The topological polar surface area (TPSA) is 41.7 Å². The van der Waals surface area contributed by atoms with Gasteiger partial charge in [0.05, 0.1) is 11.0 Å². The highest BCUT2D eigenvalue weighted by atomic mass is 32.2. The number of hydrogen-bond donors (Lipinski definition) is 1. The lowest BCUT2D eigenvalue weighted by Crippen LogP contribution is -2.33. The number of amidine groups is 2. The maximum absolute atomic E-state index is 5.14. The van der Waals surface area contributed by atoms with Crippen LogP contribution in [0.1, 0.15) is 39.9 Å². The molecular weight excluding hydrogens is 733 g/mol. The first-order chi connectivity index (χ1) is 28.2. The van der Waals surface area contributed by atoms with Crippen molar-refractivity contribution in [3.63, 3.8) is 0 Å². The number of allylic oxidation sites excluding steroid dienone is 3. The number of nitrogens with one attached hydrogen (secondary N) is 1. The van der Waals surface area contributed by atoms with Gasteiger partial charge in [0.2, 0.25) is 0 Å². The van der Waals surface area contributed by atoms with E-state index in [1.54, 1.807) is 0 Å². The van der Waals surface area contributed by atoms with Gasteiger partial charge < -0.3 is 9.88 Å². The molecule has 1 N–H and O–H groups in total. The standard InChI is InChI=1S/C51H34N4S2/c1-3-12-31(13-4-1)49-52-50(32-14-5-2-6-15-32)54-51(53-49)34-22-25-39-41-28-33(23-27-44(41)56-46(39)29-34)36-18-11-21-45-48(36)40-26-24-35(30-47(40)57-45)55-42-19-9-7-16-37(42)38-17-8-10-20-43(38)55/h1-30,41,44,49H,(H,52,53,54). The van der Waals surface area contributed by atoms with Gasteiger partial charge in [0.1, 0.15) is 12.0 Å². The molecule has 4 nitrogen and oxygen atoms in total. The minimum absolute atomic E-state index is 0.220. The smallest absolute Gasteiger partial charge is 0.159 e. The van der Waals surface area contributed by atoms with Gasteiger partial charge in [0, 0.05) is 63.8 Å². The molecule has 3 atom stereocenters. The molecule has 0 fully saturated rings. The van der Waals surface area contributed by atoms with Crippen LogP contribution in [0.5, 0.6) is 0 Å². The Morgan fingerprint density at radius 3 is 2.18 bits per heavy atom. The molecule has 0 amide bonds. The van der Waals surface area contributed by atoms with E-state index < -0.39 is 0 Å². The molecule has 57 heavy (non-hydrogen) atoms. The molecule has 9 aromatic rings. The van der Waals surface area contributed by atoms with E-state index in [1.807, 2.05) is 35.2 Å². The average molecular weight is 767 g/mol. The third kappa shape index (κ3) is 5.36. The average Bonchev–Trinajstić information content (AvgIpc) is 3.95. The minimum atomic E-state index is -0.220. The second-order valence-electron chi connectivity index (χ2n) is 14.9. The first kappa shape index (κ1) is 32.7. The second kappa shape index (κ2) is 13.1. The lowest BCUT2D eigenvalue weighted by atomic mass is 9.86. The molecule has 1 aliphatic carbocycles. The number of benzene rings is 7. The maximum atomic E-state index is 5.14. The van der Waals surface area contributed by atoms with Gasteiger partial charge in [-0.1, -0.05) is 146 Å². The number of nitrogens with zero attached hydrogens (tertiary/aromatic N) is 3. The van der Waals surface area contributed by atoms with Gasteiger partial charge in [-0.2, -0.15) is 0 Å². The summed E-state index contributed by atoms with van der Waals surface area (Å²) in [6, 6.07) is 58.9. The molecule has 0 saturated carbocycles. The Morgan fingerprint density at radius 1 is 0.614 bits per heavy atom. The van der Waals surface area contributed by atoms with Crippen molar-refractivity contribution in [1.82, 2.24) is 9.88 Å². The summed E-state index contributed by atoms with van der Waals surface area (Å²) in [7, 11) is 0. The van der Waals surface area contributed by atoms with E-state index in [9.17, 15) is 0 Å². The molecule has 12 rings (SSSR count). The van der Waals surface area contributed by atoms with Crippen LogP contribution < -0.4 is 5.32 Å². The Bertz CT molecular complexity index is 3150. The molecule has 0 saturated heterocycles. The van der Waals surface area contributed by atoms with Gasteiger partial charge in [0.25, 0.3) is 0 Å². The van der Waals surface area contributed by atoms with Crippen LogP contribution in [0.25, 0.3) is 53.2 Å². The number of aliphatic imine (C=N–C) groups is 2. The van der Waals surface area contributed by atoms with Crippen molar-refractivity contribution in [2.75, 3.05) is 0 Å². The van der Waals surface area contributed by atoms with E-state index in [4.69, 9.17) is 9.98 Å². The third-order valence-electron chi connectivity index (χ3n) is 11.6. The summed E-state index contributed by atoms with van der Waals surface area (Å²) in [5.41, 5.74) is 10.8. The Kier molecular flexibility index (Phi) is 7.50. The molecular formula is C51H34N4S2. The Balaban J connectivity index is 0.907. The summed E-state index contributed by atoms with van der Waals surface area (Å²) in [6.45, 7) is 0. The molecule has 3 aliphatic rings. The molecule has 0 spiro atoms. The SMILES string of the molecule is C1=CC2Sc3cc(C4=NC(c5ccccc5)NC(c5ccccc5)=N4)ccc3C2C=C1c1cccc2sc3cc(-n4c5ccccc5c5ccccc54)ccc3c12. The number of thiophene rings is 1. The molecule has 0 bridgehead atoms. The predicted octanol–water partition coefficient (Wildman–Crippen LogP) is 12.9. The molecule has 2 aliphatic heterocycles. The van der Waals surface area contributed by atoms with Crippen LogP contribution in [-0.4, -0.2) is 21.5 Å². The van der Waals surface area contributed by atoms with Gasteiger partial charge in [0.15, 0.2) is 5.84 Å². The number of fused-ring (bicyclic) bond motifs is 9. The van der Waals surface area contributed by atoms with E-state index in [0.29, 0.717) is 5.25 Å². The van der Waals surface area contributed by atoms with E-state index in [1.165, 1.54) is 69.3 Å². The Morgan fingerprint density at radius 2 is 1.37 bits per heavy atom. The van der Waals surface area contributed by atoms with Gasteiger partial charge in [-0.15, -0.1) is 23.1 Å². The first-order valence-electron chi connectivity index (χ1n) is 19.4. The van der Waals surface area contributed by atoms with Crippen LogP contribution in [0.4, 0.5) is 0 Å². The van der Waals surface area contributed by atoms with E-state index >= 15 is 0 Å². The molecule has 4 heterocycles. The fourth-order valence-corrected chi connectivity index (χ4v) is 11.5. The quantitative estimate of drug-likeness (QED) is 0.190. The zero-order valence-corrected chi connectivity index (χ0v) is 32.3. The largest absolute Gasteiger partial charge is 0.344 e. The molecule has 6 heteroatoms. The van der Waals surface area contributed by atoms with Crippen molar-refractivity contribution in [3.05, 3.63) is 210 Å². The number of para-hydroxylation sites is 2. The summed E-state index contributed by atoms with van der Waals surface area (Å²) in [5, 5.41) is 9.15. The van der Waals surface area contributed by atoms with Gasteiger partial charge in [-0.25, -0.2) is 9.98 Å². The molecule has 3 unspecified atom stereocenters. The van der Waals surface area contributed by atoms with Gasteiger partial charge in [-0.05, 0) is 58.7 Å². The number of thioether (sulfide) groups is 1. The van der Waals surface area contributed by atoms with Crippen LogP contribution >= 0.6 is 23.1 Å². The highest BCUT2D eigenvalue weighted by Gasteiger charge is 2.34. The summed E-state index contributed by atoms with van der Waals surface area (Å²) in [6.07, 6.45) is 7.05. The van der Waals surface area contributed by atoms with Gasteiger partial charge in [-0.3, -0.25) is 0 Å². The highest BCUT2D eigenvalue weighted by molar-refractivity contribution is 8.00. The van der Waals surface area contributed by atoms with Gasteiger partial charge >= 0.3 is 0 Å². The fraction of sp³-hybridized carbons (Fsp3) is 0.0588. The van der Waals surface area contributed by atoms with Crippen molar-refractivity contribution in [2.24, 2.45) is 9.98 Å². The second-order valence-corrected chi connectivity index (χ2v) is 17.2. The Hall–Kier alpha value is -6.47. The molecule has 0 radical (unpaired) electrons. The predicted molar refractivity (Wildman–Crippen MR) is 241 cm³/mol. The molecule has 7 aromatic carbocycles. The van der Waals surface area contributed by atoms with Crippen LogP contribution in [0.3, 0.4) is 0 Å². The lowest BCUT2D eigenvalue weighted by molar-refractivity contribution is 0.674.